The molecular formula is C21H24N6O3. The van der Waals surface area contributed by atoms with Crippen LogP contribution in [0.5, 0.6) is 0 Å². The summed E-state index contributed by atoms with van der Waals surface area (Å²) in [7, 11) is 0. The fraction of sp³-hybridized carbons (Fsp3) is 0.429. The van der Waals surface area contributed by atoms with Gasteiger partial charge in [-0.15, -0.1) is 5.10 Å². The van der Waals surface area contributed by atoms with Crippen molar-refractivity contribution in [3.8, 4) is 0 Å². The summed E-state index contributed by atoms with van der Waals surface area (Å²) in [6.45, 7) is 5.96. The van der Waals surface area contributed by atoms with Crippen LogP contribution in [0.1, 0.15) is 5.69 Å². The number of fused-ring (bicyclic) bond motifs is 1. The molecule has 9 nitrogen and oxygen atoms in total. The van der Waals surface area contributed by atoms with E-state index in [1.165, 1.54) is 0 Å². The first-order valence-corrected chi connectivity index (χ1v) is 10.3. The summed E-state index contributed by atoms with van der Waals surface area (Å²) >= 11 is 0. The lowest BCUT2D eigenvalue weighted by Crippen LogP contribution is -2.49. The average Bonchev–Trinajstić information content (AvgIpc) is 3.23. The third kappa shape index (κ3) is 3.80. The van der Waals surface area contributed by atoms with E-state index >= 15 is 0 Å². The van der Waals surface area contributed by atoms with E-state index in [0.717, 1.165) is 56.3 Å². The summed E-state index contributed by atoms with van der Waals surface area (Å²) in [6, 6.07) is 9.71. The molecule has 0 radical (unpaired) electrons. The highest BCUT2D eigenvalue weighted by Gasteiger charge is 2.24. The second-order valence-electron chi connectivity index (χ2n) is 7.54. The third-order valence-electron chi connectivity index (χ3n) is 5.73. The van der Waals surface area contributed by atoms with Crippen LogP contribution in [0.3, 0.4) is 0 Å². The molecular weight excluding hydrogens is 384 g/mol. The number of nitrogens with zero attached hydrogens (tertiary/aromatic N) is 6. The van der Waals surface area contributed by atoms with Crippen molar-refractivity contribution in [3.05, 3.63) is 42.2 Å². The second-order valence-corrected chi connectivity index (χ2v) is 7.54. The third-order valence-corrected chi connectivity index (χ3v) is 5.73. The normalized spacial score (nSPS) is 17.5. The topological polar surface area (TPSA) is 87.8 Å². The van der Waals surface area contributed by atoms with E-state index in [9.17, 15) is 4.79 Å². The van der Waals surface area contributed by atoms with Crippen molar-refractivity contribution in [2.75, 3.05) is 62.3 Å². The summed E-state index contributed by atoms with van der Waals surface area (Å²) in [6.07, 6.45) is 2.06. The highest BCUT2D eigenvalue weighted by molar-refractivity contribution is 5.86. The van der Waals surface area contributed by atoms with Gasteiger partial charge in [-0.1, -0.05) is 17.3 Å². The molecule has 0 bridgehead atoms. The number of hydrogen-bond donors (Lipinski definition) is 0. The molecule has 0 saturated carbocycles. The zero-order valence-electron chi connectivity index (χ0n) is 16.7. The summed E-state index contributed by atoms with van der Waals surface area (Å²) in [4.78, 5) is 19.1. The standard InChI is InChI=1S/C21H24N6O3/c28-21(14-18-17-3-1-2-4-19(17)30-24-18)27-7-5-26(6-8-27)20-13-16(15-22-23-20)25-9-11-29-12-10-25/h1-4,13,15H,5-12,14H2. The lowest BCUT2D eigenvalue weighted by Gasteiger charge is -2.35. The van der Waals surface area contributed by atoms with Crippen molar-refractivity contribution >= 4 is 28.4 Å². The number of aromatic nitrogens is 3. The van der Waals surface area contributed by atoms with E-state index in [1.54, 1.807) is 6.20 Å². The van der Waals surface area contributed by atoms with Crippen molar-refractivity contribution in [1.29, 1.82) is 0 Å². The van der Waals surface area contributed by atoms with Crippen LogP contribution in [0.4, 0.5) is 11.5 Å². The molecule has 2 aromatic heterocycles. The van der Waals surface area contributed by atoms with Gasteiger partial charge in [-0.3, -0.25) is 4.79 Å². The Kier molecular flexibility index (Phi) is 5.18. The molecule has 0 N–H and O–H groups in total. The Labute approximate surface area is 174 Å². The van der Waals surface area contributed by atoms with E-state index in [2.05, 4.69) is 31.2 Å². The van der Waals surface area contributed by atoms with E-state index in [0.29, 0.717) is 24.4 Å². The number of rotatable bonds is 4. The van der Waals surface area contributed by atoms with Crippen molar-refractivity contribution in [2.45, 2.75) is 6.42 Å². The minimum absolute atomic E-state index is 0.0712. The van der Waals surface area contributed by atoms with Crippen molar-refractivity contribution in [3.63, 3.8) is 0 Å². The van der Waals surface area contributed by atoms with Crippen LogP contribution in [0, 0.1) is 0 Å². The fourth-order valence-electron chi connectivity index (χ4n) is 4.00. The first kappa shape index (κ1) is 18.8. The molecule has 2 saturated heterocycles. The van der Waals surface area contributed by atoms with E-state index < -0.39 is 0 Å². The number of morpholine rings is 1. The molecule has 5 rings (SSSR count). The Bertz CT molecular complexity index is 1020. The molecule has 2 fully saturated rings. The predicted molar refractivity (Wildman–Crippen MR) is 112 cm³/mol. The van der Waals surface area contributed by atoms with Crippen LogP contribution >= 0.6 is 0 Å². The number of para-hydroxylation sites is 1. The number of carbonyl (C=O) groups excluding carboxylic acids is 1. The van der Waals surface area contributed by atoms with Crippen LogP contribution < -0.4 is 9.80 Å². The summed E-state index contributed by atoms with van der Waals surface area (Å²) < 4.78 is 10.7. The molecule has 156 valence electrons. The average molecular weight is 408 g/mol. The monoisotopic (exact) mass is 408 g/mol. The number of anilines is 2. The van der Waals surface area contributed by atoms with Gasteiger partial charge in [0.2, 0.25) is 5.91 Å². The minimum atomic E-state index is 0.0712. The number of carbonyl (C=O) groups is 1. The summed E-state index contributed by atoms with van der Waals surface area (Å²) in [5.41, 5.74) is 2.48. The second kappa shape index (κ2) is 8.27. The van der Waals surface area contributed by atoms with Crippen molar-refractivity contribution in [1.82, 2.24) is 20.3 Å². The maximum absolute atomic E-state index is 12.8. The highest BCUT2D eigenvalue weighted by Crippen LogP contribution is 2.22. The number of piperazine rings is 1. The SMILES string of the molecule is O=C(Cc1noc2ccccc12)N1CCN(c2cc(N3CCOCC3)cnn2)CC1. The number of benzene rings is 1. The van der Waals surface area contributed by atoms with E-state index in [-0.39, 0.29) is 12.3 Å². The number of amides is 1. The van der Waals surface area contributed by atoms with Gasteiger partial charge in [-0.25, -0.2) is 0 Å². The summed E-state index contributed by atoms with van der Waals surface area (Å²) in [5, 5.41) is 13.5. The molecule has 2 aliphatic rings. The Balaban J connectivity index is 1.20. The molecule has 0 atom stereocenters. The maximum atomic E-state index is 12.8. The molecule has 0 aliphatic carbocycles. The van der Waals surface area contributed by atoms with Gasteiger partial charge in [0.15, 0.2) is 11.4 Å². The van der Waals surface area contributed by atoms with Gasteiger partial charge >= 0.3 is 0 Å². The molecule has 1 aromatic carbocycles. The molecule has 4 heterocycles. The lowest BCUT2D eigenvalue weighted by atomic mass is 10.1. The Hall–Kier alpha value is -3.20. The van der Waals surface area contributed by atoms with Crippen LogP contribution in [0.25, 0.3) is 11.0 Å². The smallest absolute Gasteiger partial charge is 0.228 e. The van der Waals surface area contributed by atoms with Crippen LogP contribution in [0.2, 0.25) is 0 Å². The van der Waals surface area contributed by atoms with Gasteiger partial charge in [0.1, 0.15) is 5.69 Å². The van der Waals surface area contributed by atoms with Gasteiger partial charge in [0.25, 0.3) is 0 Å². The minimum Gasteiger partial charge on any atom is -0.378 e. The predicted octanol–water partition coefficient (Wildman–Crippen LogP) is 1.35. The van der Waals surface area contributed by atoms with Gasteiger partial charge in [-0.2, -0.15) is 5.10 Å². The van der Waals surface area contributed by atoms with Crippen LogP contribution in [-0.4, -0.2) is 78.6 Å². The first-order chi connectivity index (χ1) is 14.8. The maximum Gasteiger partial charge on any atom is 0.228 e. The molecule has 0 spiro atoms. The summed E-state index contributed by atoms with van der Waals surface area (Å²) in [5.74, 6) is 0.926. The fourth-order valence-corrected chi connectivity index (χ4v) is 4.00. The molecule has 9 heteroatoms. The Morgan fingerprint density at radius 3 is 2.63 bits per heavy atom. The first-order valence-electron chi connectivity index (χ1n) is 10.3. The van der Waals surface area contributed by atoms with Gasteiger partial charge in [0.05, 0.1) is 31.5 Å². The van der Waals surface area contributed by atoms with Crippen molar-refractivity contribution in [2.24, 2.45) is 0 Å². The largest absolute Gasteiger partial charge is 0.378 e. The molecule has 1 amide bonds. The Morgan fingerprint density at radius 2 is 1.80 bits per heavy atom. The van der Waals surface area contributed by atoms with Crippen LogP contribution in [-0.2, 0) is 16.0 Å². The number of ether oxygens (including phenoxy) is 1. The highest BCUT2D eigenvalue weighted by atomic mass is 16.5. The van der Waals surface area contributed by atoms with Crippen LogP contribution in [0.15, 0.2) is 41.1 Å². The van der Waals surface area contributed by atoms with E-state index in [4.69, 9.17) is 9.26 Å². The number of hydrogen-bond acceptors (Lipinski definition) is 8. The molecule has 0 unspecified atom stereocenters. The quantitative estimate of drug-likeness (QED) is 0.639. The molecule has 2 aliphatic heterocycles. The zero-order valence-corrected chi connectivity index (χ0v) is 16.7. The molecule has 3 aromatic rings. The lowest BCUT2D eigenvalue weighted by molar-refractivity contribution is -0.130. The Morgan fingerprint density at radius 1 is 1.00 bits per heavy atom. The van der Waals surface area contributed by atoms with Crippen molar-refractivity contribution < 1.29 is 14.1 Å². The molecule has 30 heavy (non-hydrogen) atoms. The van der Waals surface area contributed by atoms with Gasteiger partial charge in [0, 0.05) is 50.7 Å². The zero-order chi connectivity index (χ0) is 20.3. The van der Waals surface area contributed by atoms with E-state index in [1.807, 2.05) is 29.2 Å². The van der Waals surface area contributed by atoms with Gasteiger partial charge in [-0.05, 0) is 12.1 Å². The van der Waals surface area contributed by atoms with Gasteiger partial charge < -0.3 is 24.0 Å².